The number of benzene rings is 1. The Hall–Kier alpha value is -1.55. The number of imidazole rings is 1. The summed E-state index contributed by atoms with van der Waals surface area (Å²) >= 11 is 12.3. The van der Waals surface area contributed by atoms with Crippen LogP contribution in [-0.2, 0) is 19.4 Å². The highest BCUT2D eigenvalue weighted by molar-refractivity contribution is 6.36. The van der Waals surface area contributed by atoms with Crippen LogP contribution in [0.4, 0.5) is 0 Å². The van der Waals surface area contributed by atoms with Gasteiger partial charge in [-0.1, -0.05) is 35.3 Å². The fourth-order valence-corrected chi connectivity index (χ4v) is 3.90. The number of pyridine rings is 1. The number of aliphatic hydroxyl groups is 1. The average Bonchev–Trinajstić information content (AvgIpc) is 2.93. The van der Waals surface area contributed by atoms with Gasteiger partial charge in [-0.25, -0.2) is 4.98 Å². The van der Waals surface area contributed by atoms with Crippen LogP contribution < -0.4 is 0 Å². The molecule has 0 fully saturated rings. The second-order valence-corrected chi connectivity index (χ2v) is 6.80. The first kappa shape index (κ1) is 15.0. The van der Waals surface area contributed by atoms with Gasteiger partial charge in [0.1, 0.15) is 0 Å². The van der Waals surface area contributed by atoms with Crippen LogP contribution in [0.3, 0.4) is 0 Å². The third-order valence-corrected chi connectivity index (χ3v) is 5.00. The molecule has 0 radical (unpaired) electrons. The summed E-state index contributed by atoms with van der Waals surface area (Å²) in [4.78, 5) is 4.66. The number of aryl methyl sites for hydroxylation is 2. The van der Waals surface area contributed by atoms with Gasteiger partial charge < -0.3 is 5.11 Å². The molecule has 0 aliphatic heterocycles. The molecule has 3 nitrogen and oxygen atoms in total. The fourth-order valence-electron chi connectivity index (χ4n) is 3.38. The molecule has 5 heteroatoms. The molecular formula is C18H16Cl2N2O. The minimum Gasteiger partial charge on any atom is -0.390 e. The molecule has 1 aromatic carbocycles. The molecule has 0 atom stereocenters. The molecule has 1 aliphatic rings. The summed E-state index contributed by atoms with van der Waals surface area (Å²) in [5.41, 5.74) is 5.93. The second-order valence-electron chi connectivity index (χ2n) is 5.96. The topological polar surface area (TPSA) is 37.5 Å². The lowest BCUT2D eigenvalue weighted by Gasteiger charge is -2.16. The molecule has 2 aromatic heterocycles. The van der Waals surface area contributed by atoms with Gasteiger partial charge in [0.15, 0.2) is 5.65 Å². The van der Waals surface area contributed by atoms with E-state index in [0.717, 1.165) is 24.1 Å². The van der Waals surface area contributed by atoms with E-state index in [1.165, 1.54) is 24.0 Å². The van der Waals surface area contributed by atoms with Crippen molar-refractivity contribution in [2.45, 2.75) is 32.3 Å². The largest absolute Gasteiger partial charge is 0.390 e. The summed E-state index contributed by atoms with van der Waals surface area (Å²) in [5, 5.41) is 10.8. The predicted molar refractivity (Wildman–Crippen MR) is 93.2 cm³/mol. The fraction of sp³-hybridized carbons (Fsp3) is 0.278. The Kier molecular flexibility index (Phi) is 3.80. The molecule has 4 rings (SSSR count). The summed E-state index contributed by atoms with van der Waals surface area (Å²) < 4.78 is 1.78. The van der Waals surface area contributed by atoms with Crippen molar-refractivity contribution in [3.63, 3.8) is 0 Å². The maximum atomic E-state index is 9.84. The van der Waals surface area contributed by atoms with E-state index in [4.69, 9.17) is 23.2 Å². The van der Waals surface area contributed by atoms with Crippen LogP contribution in [-0.4, -0.2) is 14.5 Å². The Balaban J connectivity index is 1.93. The van der Waals surface area contributed by atoms with Crippen LogP contribution in [0.5, 0.6) is 0 Å². The Morgan fingerprint density at radius 3 is 2.65 bits per heavy atom. The van der Waals surface area contributed by atoms with E-state index in [-0.39, 0.29) is 6.61 Å². The number of hydrogen-bond donors (Lipinski definition) is 1. The zero-order valence-electron chi connectivity index (χ0n) is 12.5. The molecule has 0 unspecified atom stereocenters. The molecule has 23 heavy (non-hydrogen) atoms. The van der Waals surface area contributed by atoms with Crippen molar-refractivity contribution in [2.24, 2.45) is 0 Å². The van der Waals surface area contributed by atoms with Crippen molar-refractivity contribution < 1.29 is 5.11 Å². The molecule has 1 N–H and O–H groups in total. The highest BCUT2D eigenvalue weighted by Crippen LogP contribution is 2.32. The van der Waals surface area contributed by atoms with Gasteiger partial charge in [0.2, 0.25) is 0 Å². The first-order valence-electron chi connectivity index (χ1n) is 7.76. The van der Waals surface area contributed by atoms with E-state index >= 15 is 0 Å². The zero-order chi connectivity index (χ0) is 16.0. The third-order valence-electron chi connectivity index (χ3n) is 4.51. The third kappa shape index (κ3) is 2.53. The average molecular weight is 347 g/mol. The van der Waals surface area contributed by atoms with Crippen LogP contribution in [0.25, 0.3) is 16.9 Å². The lowest BCUT2D eigenvalue weighted by atomic mass is 9.90. The van der Waals surface area contributed by atoms with Gasteiger partial charge in [-0.15, -0.1) is 0 Å². The quantitative estimate of drug-likeness (QED) is 0.731. The number of aromatic nitrogens is 2. The van der Waals surface area contributed by atoms with Crippen molar-refractivity contribution in [2.75, 3.05) is 0 Å². The second kappa shape index (κ2) is 5.82. The molecule has 0 saturated heterocycles. The molecular weight excluding hydrogens is 331 g/mol. The SMILES string of the molecule is OCc1c(-c2ccc3c(c2)CCCC3)nc2c(Cl)cc(Cl)cn12. The van der Waals surface area contributed by atoms with Gasteiger partial charge in [0, 0.05) is 11.8 Å². The summed E-state index contributed by atoms with van der Waals surface area (Å²) in [6.07, 6.45) is 6.49. The van der Waals surface area contributed by atoms with E-state index in [2.05, 4.69) is 23.2 Å². The molecule has 2 heterocycles. The van der Waals surface area contributed by atoms with Crippen LogP contribution in [0.1, 0.15) is 29.7 Å². The van der Waals surface area contributed by atoms with Gasteiger partial charge >= 0.3 is 0 Å². The lowest BCUT2D eigenvalue weighted by molar-refractivity contribution is 0.276. The van der Waals surface area contributed by atoms with E-state index in [0.29, 0.717) is 21.4 Å². The van der Waals surface area contributed by atoms with Crippen molar-refractivity contribution in [1.82, 2.24) is 9.38 Å². The minimum absolute atomic E-state index is 0.121. The van der Waals surface area contributed by atoms with Gasteiger partial charge in [0.05, 0.1) is 28.0 Å². The molecule has 0 bridgehead atoms. The van der Waals surface area contributed by atoms with E-state index in [1.54, 1.807) is 16.7 Å². The number of halogens is 2. The first-order valence-corrected chi connectivity index (χ1v) is 8.52. The monoisotopic (exact) mass is 346 g/mol. The van der Waals surface area contributed by atoms with Crippen LogP contribution in [0.15, 0.2) is 30.5 Å². The van der Waals surface area contributed by atoms with Crippen LogP contribution in [0, 0.1) is 0 Å². The van der Waals surface area contributed by atoms with E-state index < -0.39 is 0 Å². The Morgan fingerprint density at radius 1 is 1.09 bits per heavy atom. The normalized spacial score (nSPS) is 14.2. The highest BCUT2D eigenvalue weighted by atomic mass is 35.5. The van der Waals surface area contributed by atoms with Crippen molar-refractivity contribution >= 4 is 28.8 Å². The Morgan fingerprint density at radius 2 is 1.87 bits per heavy atom. The smallest absolute Gasteiger partial charge is 0.156 e. The number of hydrogen-bond acceptors (Lipinski definition) is 2. The summed E-state index contributed by atoms with van der Waals surface area (Å²) in [5.74, 6) is 0. The number of fused-ring (bicyclic) bond motifs is 2. The zero-order valence-corrected chi connectivity index (χ0v) is 14.0. The molecule has 3 aromatic rings. The van der Waals surface area contributed by atoms with Crippen LogP contribution >= 0.6 is 23.2 Å². The molecule has 1 aliphatic carbocycles. The molecule has 0 saturated carbocycles. The number of rotatable bonds is 2. The van der Waals surface area contributed by atoms with Gasteiger partial charge in [0.25, 0.3) is 0 Å². The van der Waals surface area contributed by atoms with Crippen molar-refractivity contribution in [1.29, 1.82) is 0 Å². The van der Waals surface area contributed by atoms with Crippen LogP contribution in [0.2, 0.25) is 10.0 Å². The van der Waals surface area contributed by atoms with Gasteiger partial charge in [-0.05, 0) is 48.9 Å². The Bertz CT molecular complexity index is 902. The maximum absolute atomic E-state index is 9.84. The predicted octanol–water partition coefficient (Wildman–Crippen LogP) is 4.68. The highest BCUT2D eigenvalue weighted by Gasteiger charge is 2.18. The number of aliphatic hydroxyl groups excluding tert-OH is 1. The lowest BCUT2D eigenvalue weighted by Crippen LogP contribution is -2.02. The maximum Gasteiger partial charge on any atom is 0.156 e. The summed E-state index contributed by atoms with van der Waals surface area (Å²) in [6.45, 7) is -0.121. The standard InChI is InChI=1S/C18H16Cl2N2O/c19-14-8-15(20)18-21-17(16(10-23)22(18)9-14)13-6-5-11-3-1-2-4-12(11)7-13/h5-9,23H,1-4,10H2. The molecule has 118 valence electrons. The van der Waals surface area contributed by atoms with Gasteiger partial charge in [-0.2, -0.15) is 0 Å². The summed E-state index contributed by atoms with van der Waals surface area (Å²) in [6, 6.07) is 8.14. The first-order chi connectivity index (χ1) is 11.2. The van der Waals surface area contributed by atoms with E-state index in [9.17, 15) is 5.11 Å². The summed E-state index contributed by atoms with van der Waals surface area (Å²) in [7, 11) is 0. The molecule has 0 amide bonds. The Labute approximate surface area is 144 Å². The van der Waals surface area contributed by atoms with Crippen molar-refractivity contribution in [3.8, 4) is 11.3 Å². The van der Waals surface area contributed by atoms with Gasteiger partial charge in [-0.3, -0.25) is 4.40 Å². The molecule has 0 spiro atoms. The number of nitrogens with zero attached hydrogens (tertiary/aromatic N) is 2. The minimum atomic E-state index is -0.121. The van der Waals surface area contributed by atoms with Crippen molar-refractivity contribution in [3.05, 3.63) is 57.3 Å². The van der Waals surface area contributed by atoms with E-state index in [1.807, 2.05) is 0 Å².